The summed E-state index contributed by atoms with van der Waals surface area (Å²) in [5, 5.41) is 0. The van der Waals surface area contributed by atoms with Crippen LogP contribution in [0.15, 0.2) is 23.8 Å². The molecule has 0 aliphatic heterocycles. The molecule has 1 unspecified atom stereocenters. The minimum Gasteiger partial charge on any atom is -0.0837 e. The highest BCUT2D eigenvalue weighted by atomic mass is 14.3. The van der Waals surface area contributed by atoms with Crippen LogP contribution in [0.1, 0.15) is 32.6 Å². The van der Waals surface area contributed by atoms with E-state index >= 15 is 0 Å². The fourth-order valence-corrected chi connectivity index (χ4v) is 1.88. The number of allylic oxidation sites excluding steroid dienone is 4. The van der Waals surface area contributed by atoms with Gasteiger partial charge in [-0.05, 0) is 36.7 Å². The Morgan fingerprint density at radius 1 is 1.36 bits per heavy atom. The molecule has 0 saturated heterocycles. The minimum absolute atomic E-state index is 0.788. The van der Waals surface area contributed by atoms with Crippen LogP contribution >= 0.6 is 0 Å². The highest BCUT2D eigenvalue weighted by molar-refractivity contribution is 5.27. The van der Waals surface area contributed by atoms with Crippen molar-refractivity contribution in [1.82, 2.24) is 0 Å². The first-order valence-electron chi connectivity index (χ1n) is 4.74. The summed E-state index contributed by atoms with van der Waals surface area (Å²) in [7, 11) is 0. The van der Waals surface area contributed by atoms with Crippen LogP contribution in [0.4, 0.5) is 0 Å². The third-order valence-electron chi connectivity index (χ3n) is 2.87. The predicted molar refractivity (Wildman–Crippen MR) is 48.3 cm³/mol. The van der Waals surface area contributed by atoms with Gasteiger partial charge in [0.2, 0.25) is 0 Å². The molecule has 1 fully saturated rings. The third-order valence-corrected chi connectivity index (χ3v) is 2.87. The van der Waals surface area contributed by atoms with E-state index in [1.54, 1.807) is 5.57 Å². The van der Waals surface area contributed by atoms with Crippen LogP contribution in [0.5, 0.6) is 0 Å². The second kappa shape index (κ2) is 2.84. The summed E-state index contributed by atoms with van der Waals surface area (Å²) in [5.41, 5.74) is 1.62. The molecule has 0 heteroatoms. The zero-order valence-corrected chi connectivity index (χ0v) is 7.22. The molecule has 1 saturated carbocycles. The fourth-order valence-electron chi connectivity index (χ4n) is 1.88. The van der Waals surface area contributed by atoms with Crippen molar-refractivity contribution in [3.63, 3.8) is 0 Å². The topological polar surface area (TPSA) is 0 Å². The van der Waals surface area contributed by atoms with Crippen molar-refractivity contribution in [2.45, 2.75) is 32.6 Å². The van der Waals surface area contributed by atoms with Gasteiger partial charge in [-0.25, -0.2) is 0 Å². The predicted octanol–water partition coefficient (Wildman–Crippen LogP) is 3.31. The molecule has 0 bridgehead atoms. The van der Waals surface area contributed by atoms with Crippen LogP contribution in [0.3, 0.4) is 0 Å². The molecule has 11 heavy (non-hydrogen) atoms. The molecular weight excluding hydrogens is 132 g/mol. The van der Waals surface area contributed by atoms with Crippen LogP contribution in [0.25, 0.3) is 0 Å². The molecule has 0 heterocycles. The van der Waals surface area contributed by atoms with Gasteiger partial charge in [-0.1, -0.05) is 31.6 Å². The lowest BCUT2D eigenvalue weighted by molar-refractivity contribution is 0.370. The van der Waals surface area contributed by atoms with Crippen molar-refractivity contribution < 1.29 is 0 Å². The van der Waals surface area contributed by atoms with Crippen LogP contribution < -0.4 is 0 Å². The fraction of sp³-hybridized carbons (Fsp3) is 0.636. The first-order valence-corrected chi connectivity index (χ1v) is 4.74. The molecule has 0 N–H and O–H groups in total. The van der Waals surface area contributed by atoms with E-state index < -0.39 is 0 Å². The van der Waals surface area contributed by atoms with Crippen molar-refractivity contribution in [3.05, 3.63) is 23.8 Å². The molecule has 2 aliphatic carbocycles. The number of rotatable bonds is 1. The maximum atomic E-state index is 2.46. The molecule has 60 valence electrons. The van der Waals surface area contributed by atoms with Crippen LogP contribution in [0.2, 0.25) is 0 Å². The van der Waals surface area contributed by atoms with Crippen LogP contribution in [-0.2, 0) is 0 Å². The average Bonchev–Trinajstić information content (AvgIpc) is 1.83. The normalized spacial score (nSPS) is 31.4. The van der Waals surface area contributed by atoms with Crippen LogP contribution in [0, 0.1) is 11.8 Å². The lowest BCUT2D eigenvalue weighted by Crippen LogP contribution is -2.14. The lowest BCUT2D eigenvalue weighted by Gasteiger charge is -2.28. The monoisotopic (exact) mass is 148 g/mol. The summed E-state index contributed by atoms with van der Waals surface area (Å²) >= 11 is 0. The van der Waals surface area contributed by atoms with Gasteiger partial charge < -0.3 is 0 Å². The van der Waals surface area contributed by atoms with Crippen molar-refractivity contribution in [2.24, 2.45) is 11.8 Å². The summed E-state index contributed by atoms with van der Waals surface area (Å²) in [6, 6.07) is 0. The first-order chi connectivity index (χ1) is 5.36. The average molecular weight is 148 g/mol. The Balaban J connectivity index is 2.05. The Kier molecular flexibility index (Phi) is 1.85. The Hall–Kier alpha value is -0.520. The Morgan fingerprint density at radius 3 is 2.73 bits per heavy atom. The molecule has 0 aromatic heterocycles. The SMILES string of the molecule is CC1C=C(C2CCC2)C=CC1. The summed E-state index contributed by atoms with van der Waals surface area (Å²) in [4.78, 5) is 0. The maximum absolute atomic E-state index is 2.46. The zero-order valence-electron chi connectivity index (χ0n) is 7.22. The molecule has 2 rings (SSSR count). The summed E-state index contributed by atoms with van der Waals surface area (Å²) in [6.45, 7) is 2.31. The largest absolute Gasteiger partial charge is 0.0837 e. The van der Waals surface area contributed by atoms with Crippen molar-refractivity contribution in [1.29, 1.82) is 0 Å². The second-order valence-electron chi connectivity index (χ2n) is 3.91. The number of hydrogen-bond donors (Lipinski definition) is 0. The standard InChI is InChI=1S/C11H16/c1-9-4-2-7-11(8-9)10-5-3-6-10/h2,7-10H,3-6H2,1H3. The molecule has 2 aliphatic rings. The Morgan fingerprint density at radius 2 is 2.18 bits per heavy atom. The summed E-state index contributed by atoms with van der Waals surface area (Å²) in [5.74, 6) is 1.71. The van der Waals surface area contributed by atoms with E-state index in [0.29, 0.717) is 0 Å². The lowest BCUT2D eigenvalue weighted by atomic mass is 9.77. The molecule has 0 aromatic rings. The van der Waals surface area contributed by atoms with Gasteiger partial charge in [0.15, 0.2) is 0 Å². The molecular formula is C11H16. The van der Waals surface area contributed by atoms with E-state index in [1.807, 2.05) is 0 Å². The Bertz CT molecular complexity index is 194. The van der Waals surface area contributed by atoms with Gasteiger partial charge in [0.05, 0.1) is 0 Å². The summed E-state index contributed by atoms with van der Waals surface area (Å²) < 4.78 is 0. The van der Waals surface area contributed by atoms with Crippen molar-refractivity contribution in [2.75, 3.05) is 0 Å². The smallest absolute Gasteiger partial charge is 0.0165 e. The van der Waals surface area contributed by atoms with Gasteiger partial charge in [-0.15, -0.1) is 0 Å². The molecule has 0 amide bonds. The zero-order chi connectivity index (χ0) is 7.68. The van der Waals surface area contributed by atoms with Crippen molar-refractivity contribution >= 4 is 0 Å². The van der Waals surface area contributed by atoms with Gasteiger partial charge >= 0.3 is 0 Å². The van der Waals surface area contributed by atoms with Gasteiger partial charge in [0.25, 0.3) is 0 Å². The molecule has 0 aromatic carbocycles. The van der Waals surface area contributed by atoms with Crippen molar-refractivity contribution in [3.8, 4) is 0 Å². The van der Waals surface area contributed by atoms with Gasteiger partial charge in [0.1, 0.15) is 0 Å². The third kappa shape index (κ3) is 1.40. The molecule has 1 atom stereocenters. The first kappa shape index (κ1) is 7.15. The van der Waals surface area contributed by atoms with Gasteiger partial charge in [-0.3, -0.25) is 0 Å². The quantitative estimate of drug-likeness (QED) is 0.535. The highest BCUT2D eigenvalue weighted by Crippen LogP contribution is 2.36. The Labute approximate surface area is 69.0 Å². The van der Waals surface area contributed by atoms with Crippen LogP contribution in [-0.4, -0.2) is 0 Å². The summed E-state index contributed by atoms with van der Waals surface area (Å²) in [6.07, 6.45) is 12.7. The molecule has 0 nitrogen and oxygen atoms in total. The van der Waals surface area contributed by atoms with E-state index in [9.17, 15) is 0 Å². The van der Waals surface area contributed by atoms with E-state index in [1.165, 1.54) is 25.7 Å². The van der Waals surface area contributed by atoms with Gasteiger partial charge in [0, 0.05) is 0 Å². The maximum Gasteiger partial charge on any atom is -0.0165 e. The molecule has 0 spiro atoms. The van der Waals surface area contributed by atoms with E-state index in [0.717, 1.165) is 11.8 Å². The van der Waals surface area contributed by atoms with E-state index in [-0.39, 0.29) is 0 Å². The second-order valence-corrected chi connectivity index (χ2v) is 3.91. The number of hydrogen-bond acceptors (Lipinski definition) is 0. The van der Waals surface area contributed by atoms with Gasteiger partial charge in [-0.2, -0.15) is 0 Å². The highest BCUT2D eigenvalue weighted by Gasteiger charge is 2.21. The minimum atomic E-state index is 0.788. The van der Waals surface area contributed by atoms with E-state index in [2.05, 4.69) is 25.2 Å². The van der Waals surface area contributed by atoms with E-state index in [4.69, 9.17) is 0 Å². The molecule has 0 radical (unpaired) electrons.